The normalized spacial score (nSPS) is 30.4. The summed E-state index contributed by atoms with van der Waals surface area (Å²) < 4.78 is 15.4. The summed E-state index contributed by atoms with van der Waals surface area (Å²) in [4.78, 5) is 11.3. The van der Waals surface area contributed by atoms with E-state index in [1.165, 1.54) is 24.3 Å². The number of rotatable bonds is 3. The molecule has 1 saturated heterocycles. The second kappa shape index (κ2) is 6.38. The van der Waals surface area contributed by atoms with Crippen molar-refractivity contribution in [2.24, 2.45) is 0 Å². The van der Waals surface area contributed by atoms with Crippen LogP contribution in [0.2, 0.25) is 0 Å². The Hall–Kier alpha value is -2.17. The predicted molar refractivity (Wildman–Crippen MR) is 78.5 cm³/mol. The van der Waals surface area contributed by atoms with Gasteiger partial charge in [-0.3, -0.25) is 0 Å². The van der Waals surface area contributed by atoms with Crippen molar-refractivity contribution in [1.82, 2.24) is 0 Å². The van der Waals surface area contributed by atoms with E-state index < -0.39 is 48.7 Å². The van der Waals surface area contributed by atoms with E-state index in [4.69, 9.17) is 19.0 Å². The van der Waals surface area contributed by atoms with Crippen molar-refractivity contribution < 1.29 is 39.4 Å². The van der Waals surface area contributed by atoms with E-state index >= 15 is 0 Å². The molecule has 3 rings (SSSR count). The summed E-state index contributed by atoms with van der Waals surface area (Å²) in [5.74, 6) is -0.650. The second-order valence-electron chi connectivity index (χ2n) is 5.40. The summed E-state index contributed by atoms with van der Waals surface area (Å²) in [6.07, 6.45) is -7.36. The number of aliphatic hydroxyl groups excluding tert-OH is 4. The van der Waals surface area contributed by atoms with E-state index in [-0.39, 0.29) is 11.3 Å². The molecule has 5 N–H and O–H groups in total. The smallest absolute Gasteiger partial charge is 0.336 e. The summed E-state index contributed by atoms with van der Waals surface area (Å²) in [5.41, 5.74) is -0.771. The molecule has 1 aliphatic rings. The Morgan fingerprint density at radius 3 is 2.46 bits per heavy atom. The fourth-order valence-corrected chi connectivity index (χ4v) is 2.48. The van der Waals surface area contributed by atoms with E-state index in [0.717, 1.165) is 0 Å². The van der Waals surface area contributed by atoms with Gasteiger partial charge in [-0.25, -0.2) is 4.79 Å². The topological polar surface area (TPSA) is 150 Å². The van der Waals surface area contributed by atoms with Gasteiger partial charge < -0.3 is 39.4 Å². The molecular weight excluding hydrogens is 324 g/mol. The molecule has 130 valence electrons. The molecule has 9 heteroatoms. The number of phenols is 1. The van der Waals surface area contributed by atoms with Gasteiger partial charge in [0.05, 0.1) is 6.61 Å². The third-order valence-electron chi connectivity index (χ3n) is 3.82. The molecule has 5 atom stereocenters. The molecule has 0 unspecified atom stereocenters. The van der Waals surface area contributed by atoms with Gasteiger partial charge in [-0.15, -0.1) is 0 Å². The highest BCUT2D eigenvalue weighted by Crippen LogP contribution is 2.35. The Morgan fingerprint density at radius 2 is 1.75 bits per heavy atom. The first-order chi connectivity index (χ1) is 11.4. The standard InChI is InChI=1S/C15H16O9/c16-5-8-10(18)12(20)13(21)15(23-8)22-7-3-1-6-2-4-9(17)24-14(6)11(7)19/h1-4,8,10,12-13,15-16,18-21H,5H2/t8-,10+,12+,13-,15-/m1/s1. The third kappa shape index (κ3) is 2.83. The van der Waals surface area contributed by atoms with Gasteiger partial charge >= 0.3 is 5.63 Å². The largest absolute Gasteiger partial charge is 0.502 e. The van der Waals surface area contributed by atoms with Crippen LogP contribution in [0.1, 0.15) is 0 Å². The van der Waals surface area contributed by atoms with Crippen LogP contribution < -0.4 is 10.4 Å². The molecule has 0 radical (unpaired) electrons. The molecule has 2 heterocycles. The summed E-state index contributed by atoms with van der Waals surface area (Å²) in [6, 6.07) is 5.52. The molecule has 0 saturated carbocycles. The van der Waals surface area contributed by atoms with Gasteiger partial charge in [-0.2, -0.15) is 0 Å². The first-order valence-electron chi connectivity index (χ1n) is 7.15. The van der Waals surface area contributed by atoms with Crippen molar-refractivity contribution in [3.63, 3.8) is 0 Å². The fourth-order valence-electron chi connectivity index (χ4n) is 2.48. The molecule has 24 heavy (non-hydrogen) atoms. The quantitative estimate of drug-likeness (QED) is 0.429. The second-order valence-corrected chi connectivity index (χ2v) is 5.40. The maximum Gasteiger partial charge on any atom is 0.336 e. The van der Waals surface area contributed by atoms with Crippen LogP contribution in [0.4, 0.5) is 0 Å². The van der Waals surface area contributed by atoms with Gasteiger partial charge in [0.1, 0.15) is 24.4 Å². The Morgan fingerprint density at radius 1 is 1.04 bits per heavy atom. The number of ether oxygens (including phenoxy) is 2. The van der Waals surface area contributed by atoms with E-state index in [1.807, 2.05) is 0 Å². The lowest BCUT2D eigenvalue weighted by Crippen LogP contribution is -2.60. The molecule has 9 nitrogen and oxygen atoms in total. The molecule has 2 aromatic rings. The molecule has 1 aliphatic heterocycles. The van der Waals surface area contributed by atoms with Crippen molar-refractivity contribution in [1.29, 1.82) is 0 Å². The number of fused-ring (bicyclic) bond motifs is 1. The van der Waals surface area contributed by atoms with Gasteiger partial charge in [-0.1, -0.05) is 0 Å². The van der Waals surface area contributed by atoms with Crippen molar-refractivity contribution in [3.05, 3.63) is 34.7 Å². The number of aliphatic hydroxyl groups is 4. The zero-order valence-corrected chi connectivity index (χ0v) is 12.3. The zero-order valence-electron chi connectivity index (χ0n) is 12.3. The van der Waals surface area contributed by atoms with E-state index in [2.05, 4.69) is 0 Å². The lowest BCUT2D eigenvalue weighted by atomic mass is 9.99. The first kappa shape index (κ1) is 16.7. The van der Waals surface area contributed by atoms with Crippen LogP contribution >= 0.6 is 0 Å². The molecule has 0 spiro atoms. The maximum absolute atomic E-state index is 11.3. The number of aromatic hydroxyl groups is 1. The Labute approximate surface area is 134 Å². The van der Waals surface area contributed by atoms with Gasteiger partial charge in [0.25, 0.3) is 0 Å². The number of hydrogen-bond acceptors (Lipinski definition) is 9. The molecule has 0 aliphatic carbocycles. The van der Waals surface area contributed by atoms with Crippen LogP contribution in [-0.2, 0) is 4.74 Å². The molecule has 0 amide bonds. The van der Waals surface area contributed by atoms with Crippen LogP contribution in [-0.4, -0.2) is 62.8 Å². The highest BCUT2D eigenvalue weighted by atomic mass is 16.7. The highest BCUT2D eigenvalue weighted by molar-refractivity contribution is 5.84. The fraction of sp³-hybridized carbons (Fsp3) is 0.400. The average molecular weight is 340 g/mol. The molecular formula is C15H16O9. The van der Waals surface area contributed by atoms with E-state index in [1.54, 1.807) is 0 Å². The van der Waals surface area contributed by atoms with E-state index in [0.29, 0.717) is 5.39 Å². The molecule has 1 aromatic carbocycles. The Kier molecular flexibility index (Phi) is 4.43. The van der Waals surface area contributed by atoms with Crippen LogP contribution in [0.25, 0.3) is 11.0 Å². The molecule has 1 fully saturated rings. The summed E-state index contributed by atoms with van der Waals surface area (Å²) in [6.45, 7) is -0.608. The van der Waals surface area contributed by atoms with Gasteiger partial charge in [-0.05, 0) is 18.2 Å². The highest BCUT2D eigenvalue weighted by Gasteiger charge is 2.45. The third-order valence-corrected chi connectivity index (χ3v) is 3.82. The maximum atomic E-state index is 11.3. The molecule has 0 bridgehead atoms. The lowest BCUT2D eigenvalue weighted by molar-refractivity contribution is -0.277. The zero-order chi connectivity index (χ0) is 17.4. The van der Waals surface area contributed by atoms with Gasteiger partial charge in [0.2, 0.25) is 12.0 Å². The monoisotopic (exact) mass is 340 g/mol. The van der Waals surface area contributed by atoms with Crippen molar-refractivity contribution in [2.45, 2.75) is 30.7 Å². The van der Waals surface area contributed by atoms with Crippen LogP contribution in [0.5, 0.6) is 11.5 Å². The van der Waals surface area contributed by atoms with E-state index in [9.17, 15) is 25.2 Å². The number of benzene rings is 1. The first-order valence-corrected chi connectivity index (χ1v) is 7.15. The predicted octanol–water partition coefficient (Wildman–Crippen LogP) is -1.32. The minimum Gasteiger partial charge on any atom is -0.502 e. The summed E-state index contributed by atoms with van der Waals surface area (Å²) >= 11 is 0. The average Bonchev–Trinajstić information content (AvgIpc) is 2.58. The minimum atomic E-state index is -1.62. The summed E-state index contributed by atoms with van der Waals surface area (Å²) in [5, 5.41) is 49.2. The Balaban J connectivity index is 1.91. The van der Waals surface area contributed by atoms with Crippen molar-refractivity contribution >= 4 is 11.0 Å². The van der Waals surface area contributed by atoms with Crippen LogP contribution in [0.3, 0.4) is 0 Å². The van der Waals surface area contributed by atoms with Gasteiger partial charge in [0, 0.05) is 11.5 Å². The molecule has 1 aromatic heterocycles. The SMILES string of the molecule is O=c1ccc2ccc(O[C@@H]3O[C@H](CO)[C@H](O)[C@H](O)[C@H]3O)c(O)c2o1. The number of hydrogen-bond donors (Lipinski definition) is 5. The lowest BCUT2D eigenvalue weighted by Gasteiger charge is -2.39. The van der Waals surface area contributed by atoms with Gasteiger partial charge in [0.15, 0.2) is 11.3 Å². The van der Waals surface area contributed by atoms with Crippen LogP contribution in [0.15, 0.2) is 33.5 Å². The number of phenolic OH excluding ortho intramolecular Hbond substituents is 1. The Bertz CT molecular complexity index is 784. The van der Waals surface area contributed by atoms with Crippen LogP contribution in [0, 0.1) is 0 Å². The minimum absolute atomic E-state index is 0.107. The van der Waals surface area contributed by atoms with Crippen molar-refractivity contribution in [2.75, 3.05) is 6.61 Å². The summed E-state index contributed by atoms with van der Waals surface area (Å²) in [7, 11) is 0. The van der Waals surface area contributed by atoms with Crippen molar-refractivity contribution in [3.8, 4) is 11.5 Å².